The predicted molar refractivity (Wildman–Crippen MR) is 48.8 cm³/mol. The van der Waals surface area contributed by atoms with E-state index in [1.54, 1.807) is 0 Å². The predicted octanol–water partition coefficient (Wildman–Crippen LogP) is 0.825. The second-order valence-corrected chi connectivity index (χ2v) is 8.94. The highest BCUT2D eigenvalue weighted by atomic mass is 28.3. The summed E-state index contributed by atoms with van der Waals surface area (Å²) in [4.78, 5) is 10.7. The van der Waals surface area contributed by atoms with Gasteiger partial charge in [0.05, 0.1) is 8.07 Å². The van der Waals surface area contributed by atoms with Crippen LogP contribution in [0.3, 0.4) is 0 Å². The Morgan fingerprint density at radius 3 is 2.58 bits per heavy atom. The smallest absolute Gasteiger partial charge is 0.320 e. The second kappa shape index (κ2) is 2.85. The first-order valence-electron chi connectivity index (χ1n) is 4.68. The lowest BCUT2D eigenvalue weighted by atomic mass is 10.4. The van der Waals surface area contributed by atoms with Crippen molar-refractivity contribution in [3.63, 3.8) is 0 Å². The average Bonchev–Trinajstić information content (AvgIpc) is 2.62. The van der Waals surface area contributed by atoms with Crippen molar-refractivity contribution in [2.75, 3.05) is 6.17 Å². The molecule has 12 heavy (non-hydrogen) atoms. The van der Waals surface area contributed by atoms with Crippen LogP contribution < -0.4 is 5.32 Å². The molecular formula is C8H15NO2Si. The largest absolute Gasteiger partial charge is 0.480 e. The SMILES string of the molecule is O=C(O)C1C[Si]2(CCCC2)CN1. The van der Waals surface area contributed by atoms with E-state index in [0.717, 1.165) is 12.2 Å². The van der Waals surface area contributed by atoms with Gasteiger partial charge in [0, 0.05) is 0 Å². The molecule has 2 saturated heterocycles. The van der Waals surface area contributed by atoms with Gasteiger partial charge in [-0.1, -0.05) is 24.9 Å². The molecule has 0 aromatic rings. The minimum atomic E-state index is -1.09. The molecule has 2 aliphatic rings. The van der Waals surface area contributed by atoms with Crippen LogP contribution in [0.25, 0.3) is 0 Å². The van der Waals surface area contributed by atoms with Crippen LogP contribution in [0.5, 0.6) is 0 Å². The highest BCUT2D eigenvalue weighted by Crippen LogP contribution is 2.36. The van der Waals surface area contributed by atoms with Crippen molar-refractivity contribution >= 4 is 14.0 Å². The molecule has 68 valence electrons. The van der Waals surface area contributed by atoms with Crippen molar-refractivity contribution < 1.29 is 9.90 Å². The molecule has 0 aromatic heterocycles. The minimum absolute atomic E-state index is 0.213. The van der Waals surface area contributed by atoms with Gasteiger partial charge in [0.25, 0.3) is 0 Å². The van der Waals surface area contributed by atoms with Crippen molar-refractivity contribution in [2.45, 2.75) is 37.0 Å². The third-order valence-corrected chi connectivity index (χ3v) is 8.38. The van der Waals surface area contributed by atoms with Crippen LogP contribution in [0.1, 0.15) is 12.8 Å². The van der Waals surface area contributed by atoms with Gasteiger partial charge >= 0.3 is 5.97 Å². The summed E-state index contributed by atoms with van der Waals surface area (Å²) < 4.78 is 0. The van der Waals surface area contributed by atoms with Gasteiger partial charge in [-0.3, -0.25) is 4.79 Å². The molecule has 0 radical (unpaired) electrons. The molecule has 0 aromatic carbocycles. The summed E-state index contributed by atoms with van der Waals surface area (Å²) >= 11 is 0. The number of hydrogen-bond donors (Lipinski definition) is 2. The average molecular weight is 185 g/mol. The Kier molecular flexibility index (Phi) is 1.96. The van der Waals surface area contributed by atoms with Gasteiger partial charge in [-0.25, -0.2) is 0 Å². The lowest BCUT2D eigenvalue weighted by Crippen LogP contribution is -2.33. The quantitative estimate of drug-likeness (QED) is 0.595. The maximum absolute atomic E-state index is 10.7. The van der Waals surface area contributed by atoms with Gasteiger partial charge in [-0.05, 0) is 12.2 Å². The molecule has 3 nitrogen and oxygen atoms in total. The minimum Gasteiger partial charge on any atom is -0.480 e. The number of nitrogens with one attached hydrogen (secondary N) is 1. The van der Waals surface area contributed by atoms with Crippen LogP contribution in [-0.2, 0) is 4.79 Å². The van der Waals surface area contributed by atoms with Crippen molar-refractivity contribution in [1.82, 2.24) is 5.32 Å². The first-order valence-corrected chi connectivity index (χ1v) is 7.51. The lowest BCUT2D eigenvalue weighted by molar-refractivity contribution is -0.138. The van der Waals surface area contributed by atoms with E-state index in [0.29, 0.717) is 0 Å². The van der Waals surface area contributed by atoms with Crippen LogP contribution >= 0.6 is 0 Å². The fraction of sp³-hybridized carbons (Fsp3) is 0.875. The molecule has 0 saturated carbocycles. The number of aliphatic carboxylic acids is 1. The van der Waals surface area contributed by atoms with Gasteiger partial charge in [-0.15, -0.1) is 0 Å². The Morgan fingerprint density at radius 2 is 2.08 bits per heavy atom. The summed E-state index contributed by atoms with van der Waals surface area (Å²) in [5, 5.41) is 12.0. The van der Waals surface area contributed by atoms with Crippen molar-refractivity contribution in [3.8, 4) is 0 Å². The Morgan fingerprint density at radius 1 is 1.42 bits per heavy atom. The van der Waals surface area contributed by atoms with E-state index in [1.807, 2.05) is 0 Å². The first-order chi connectivity index (χ1) is 5.72. The Balaban J connectivity index is 2.01. The molecule has 1 unspecified atom stereocenters. The fourth-order valence-corrected chi connectivity index (χ4v) is 7.62. The van der Waals surface area contributed by atoms with E-state index >= 15 is 0 Å². The van der Waals surface area contributed by atoms with E-state index < -0.39 is 14.0 Å². The van der Waals surface area contributed by atoms with Crippen LogP contribution in [0.15, 0.2) is 0 Å². The summed E-state index contributed by atoms with van der Waals surface area (Å²) in [5.41, 5.74) is 0. The van der Waals surface area contributed by atoms with E-state index in [1.165, 1.54) is 24.9 Å². The Hall–Kier alpha value is -0.353. The van der Waals surface area contributed by atoms with E-state index in [9.17, 15) is 4.79 Å². The third-order valence-electron chi connectivity index (χ3n) is 3.32. The molecule has 1 atom stereocenters. The lowest BCUT2D eigenvalue weighted by Gasteiger charge is -2.17. The zero-order valence-corrected chi connectivity index (χ0v) is 8.18. The summed E-state index contributed by atoms with van der Waals surface area (Å²) in [6.07, 6.45) is 3.75. The van der Waals surface area contributed by atoms with Gasteiger partial charge < -0.3 is 10.4 Å². The molecule has 0 aliphatic carbocycles. The van der Waals surface area contributed by atoms with Crippen molar-refractivity contribution in [3.05, 3.63) is 0 Å². The first kappa shape index (κ1) is 8.25. The molecule has 1 spiro atoms. The fourth-order valence-electron chi connectivity index (χ4n) is 2.60. The molecule has 2 fully saturated rings. The summed E-state index contributed by atoms with van der Waals surface area (Å²) in [6, 6.07) is 3.50. The van der Waals surface area contributed by atoms with E-state index in [-0.39, 0.29) is 6.04 Å². The maximum Gasteiger partial charge on any atom is 0.320 e. The molecule has 2 heterocycles. The standard InChI is InChI=1S/C8H15NO2Si/c10-8(11)7-5-12(6-9-7)3-1-2-4-12/h7,9H,1-6H2,(H,10,11). The molecule has 2 N–H and O–H groups in total. The topological polar surface area (TPSA) is 49.3 Å². The Bertz CT molecular complexity index is 201. The Labute approximate surface area is 73.2 Å². The number of carboxylic acids is 1. The molecule has 4 heteroatoms. The van der Waals surface area contributed by atoms with Gasteiger partial charge in [0.15, 0.2) is 0 Å². The van der Waals surface area contributed by atoms with E-state index in [4.69, 9.17) is 5.11 Å². The zero-order chi connectivity index (χ0) is 8.60. The molecule has 2 rings (SSSR count). The third kappa shape index (κ3) is 1.29. The van der Waals surface area contributed by atoms with Crippen LogP contribution in [-0.4, -0.2) is 31.4 Å². The summed E-state index contributed by atoms with van der Waals surface area (Å²) in [5.74, 6) is -0.647. The second-order valence-electron chi connectivity index (χ2n) is 4.18. The zero-order valence-electron chi connectivity index (χ0n) is 7.18. The normalized spacial score (nSPS) is 32.8. The highest BCUT2D eigenvalue weighted by Gasteiger charge is 2.44. The van der Waals surface area contributed by atoms with Gasteiger partial charge in [0.2, 0.25) is 0 Å². The van der Waals surface area contributed by atoms with Gasteiger partial charge in [0.1, 0.15) is 6.04 Å². The number of hydrogen-bond acceptors (Lipinski definition) is 2. The molecule has 2 aliphatic heterocycles. The maximum atomic E-state index is 10.7. The summed E-state index contributed by atoms with van der Waals surface area (Å²) in [7, 11) is -1.09. The number of carbonyl (C=O) groups is 1. The number of carboxylic acid groups (broad SMARTS) is 1. The van der Waals surface area contributed by atoms with E-state index in [2.05, 4.69) is 5.32 Å². The van der Waals surface area contributed by atoms with Crippen LogP contribution in [0.2, 0.25) is 18.1 Å². The van der Waals surface area contributed by atoms with Crippen LogP contribution in [0, 0.1) is 0 Å². The molecule has 0 amide bonds. The molecule has 0 bridgehead atoms. The monoisotopic (exact) mass is 185 g/mol. The van der Waals surface area contributed by atoms with Crippen LogP contribution in [0.4, 0.5) is 0 Å². The molecular weight excluding hydrogens is 170 g/mol. The van der Waals surface area contributed by atoms with Gasteiger partial charge in [-0.2, -0.15) is 0 Å². The number of rotatable bonds is 1. The summed E-state index contributed by atoms with van der Waals surface area (Å²) in [6.45, 7) is 0. The van der Waals surface area contributed by atoms with Crippen molar-refractivity contribution in [2.24, 2.45) is 0 Å². The van der Waals surface area contributed by atoms with Crippen molar-refractivity contribution in [1.29, 1.82) is 0 Å². The highest BCUT2D eigenvalue weighted by molar-refractivity contribution is 6.81.